The molecule has 6 heteroatoms. The highest BCUT2D eigenvalue weighted by molar-refractivity contribution is 7.84. The van der Waals surface area contributed by atoms with E-state index in [4.69, 9.17) is 0 Å². The lowest BCUT2D eigenvalue weighted by Crippen LogP contribution is -2.26. The number of hydrogen-bond donors (Lipinski definition) is 1. The number of nitrogens with zero attached hydrogens (tertiary/aromatic N) is 1. The molecule has 28 heavy (non-hydrogen) atoms. The lowest BCUT2D eigenvalue weighted by atomic mass is 10.1. The van der Waals surface area contributed by atoms with E-state index in [9.17, 15) is 13.8 Å². The maximum atomic E-state index is 12.7. The second-order valence-electron chi connectivity index (χ2n) is 6.21. The van der Waals surface area contributed by atoms with Crippen LogP contribution in [0.1, 0.15) is 20.7 Å². The minimum Gasteiger partial charge on any atom is -0.322 e. The molecule has 0 saturated carbocycles. The predicted molar refractivity (Wildman–Crippen MR) is 112 cm³/mol. The van der Waals surface area contributed by atoms with Gasteiger partial charge in [-0.3, -0.25) is 13.8 Å². The molecule has 3 aromatic carbocycles. The first-order valence-electron chi connectivity index (χ1n) is 8.64. The molecule has 0 spiro atoms. The first-order valence-corrected chi connectivity index (χ1v) is 10.2. The Bertz CT molecular complexity index is 1020. The lowest BCUT2D eigenvalue weighted by Gasteiger charge is -2.17. The van der Waals surface area contributed by atoms with Crippen molar-refractivity contribution in [2.24, 2.45) is 0 Å². The number of benzene rings is 3. The quantitative estimate of drug-likeness (QED) is 0.715. The molecule has 3 aromatic rings. The van der Waals surface area contributed by atoms with Gasteiger partial charge >= 0.3 is 0 Å². The second kappa shape index (κ2) is 8.63. The Balaban J connectivity index is 1.75. The summed E-state index contributed by atoms with van der Waals surface area (Å²) in [6.45, 7) is 0. The van der Waals surface area contributed by atoms with E-state index in [1.165, 1.54) is 0 Å². The van der Waals surface area contributed by atoms with Gasteiger partial charge in [0.2, 0.25) is 0 Å². The molecule has 0 bridgehead atoms. The smallest absolute Gasteiger partial charge is 0.258 e. The Hall–Kier alpha value is -3.25. The van der Waals surface area contributed by atoms with Crippen LogP contribution in [0.15, 0.2) is 83.8 Å². The summed E-state index contributed by atoms with van der Waals surface area (Å²) in [6.07, 6.45) is 1.59. The summed E-state index contributed by atoms with van der Waals surface area (Å²) < 4.78 is 11.5. The van der Waals surface area contributed by atoms with E-state index in [-0.39, 0.29) is 11.8 Å². The normalized spacial score (nSPS) is 11.5. The molecule has 0 aromatic heterocycles. The molecule has 1 atom stereocenters. The zero-order chi connectivity index (χ0) is 20.1. The second-order valence-corrected chi connectivity index (χ2v) is 7.59. The minimum absolute atomic E-state index is 0.169. The van der Waals surface area contributed by atoms with Gasteiger partial charge in [-0.15, -0.1) is 0 Å². The molecule has 142 valence electrons. The van der Waals surface area contributed by atoms with Gasteiger partial charge in [-0.25, -0.2) is 0 Å². The summed E-state index contributed by atoms with van der Waals surface area (Å²) in [6, 6.07) is 22.8. The average molecular weight is 392 g/mol. The van der Waals surface area contributed by atoms with E-state index in [2.05, 4.69) is 5.32 Å². The Morgan fingerprint density at radius 2 is 1.54 bits per heavy atom. The number of amides is 2. The molecule has 0 saturated heterocycles. The summed E-state index contributed by atoms with van der Waals surface area (Å²) in [7, 11) is 0.619. The van der Waals surface area contributed by atoms with Crippen LogP contribution >= 0.6 is 0 Å². The van der Waals surface area contributed by atoms with Gasteiger partial charge < -0.3 is 10.2 Å². The van der Waals surface area contributed by atoms with E-state index in [1.807, 2.05) is 30.3 Å². The van der Waals surface area contributed by atoms with Crippen molar-refractivity contribution in [3.8, 4) is 0 Å². The van der Waals surface area contributed by atoms with Crippen LogP contribution in [-0.4, -0.2) is 29.3 Å². The maximum absolute atomic E-state index is 12.7. The van der Waals surface area contributed by atoms with Crippen molar-refractivity contribution in [2.45, 2.75) is 4.90 Å². The Kier molecular flexibility index (Phi) is 6.01. The highest BCUT2D eigenvalue weighted by Crippen LogP contribution is 2.18. The van der Waals surface area contributed by atoms with E-state index < -0.39 is 10.8 Å². The highest BCUT2D eigenvalue weighted by Gasteiger charge is 2.14. The topological polar surface area (TPSA) is 66.5 Å². The fraction of sp³-hybridized carbons (Fsp3) is 0.0909. The molecule has 0 aliphatic carbocycles. The number of para-hydroxylation sites is 1. The summed E-state index contributed by atoms with van der Waals surface area (Å²) in [5.74, 6) is -0.466. The van der Waals surface area contributed by atoms with Crippen molar-refractivity contribution >= 4 is 34.0 Å². The van der Waals surface area contributed by atoms with Crippen molar-refractivity contribution in [1.29, 1.82) is 0 Å². The summed E-state index contributed by atoms with van der Waals surface area (Å²) >= 11 is 0. The molecular weight excluding hydrogens is 372 g/mol. The Morgan fingerprint density at radius 3 is 2.18 bits per heavy atom. The van der Waals surface area contributed by atoms with Crippen molar-refractivity contribution in [3.05, 3.63) is 90.0 Å². The highest BCUT2D eigenvalue weighted by atomic mass is 32.2. The molecule has 0 radical (unpaired) electrons. The predicted octanol–water partition coefficient (Wildman–Crippen LogP) is 3.95. The Morgan fingerprint density at radius 1 is 0.857 bits per heavy atom. The molecular formula is C22H20N2O3S. The zero-order valence-electron chi connectivity index (χ0n) is 15.6. The van der Waals surface area contributed by atoms with Gasteiger partial charge in [0.05, 0.1) is 0 Å². The van der Waals surface area contributed by atoms with E-state index in [0.29, 0.717) is 21.7 Å². The van der Waals surface area contributed by atoms with Crippen LogP contribution in [-0.2, 0) is 10.8 Å². The van der Waals surface area contributed by atoms with Crippen LogP contribution in [0.5, 0.6) is 0 Å². The van der Waals surface area contributed by atoms with Gasteiger partial charge in [-0.1, -0.05) is 24.3 Å². The number of rotatable bonds is 5. The van der Waals surface area contributed by atoms with Crippen molar-refractivity contribution in [3.63, 3.8) is 0 Å². The molecule has 0 heterocycles. The van der Waals surface area contributed by atoms with Gasteiger partial charge in [0.1, 0.15) is 0 Å². The molecule has 1 N–H and O–H groups in total. The minimum atomic E-state index is -1.09. The van der Waals surface area contributed by atoms with Crippen LogP contribution in [0.3, 0.4) is 0 Å². The molecule has 0 aliphatic heterocycles. The van der Waals surface area contributed by atoms with Crippen LogP contribution < -0.4 is 10.2 Å². The molecule has 0 fully saturated rings. The van der Waals surface area contributed by atoms with E-state index in [1.54, 1.807) is 66.7 Å². The zero-order valence-corrected chi connectivity index (χ0v) is 16.4. The van der Waals surface area contributed by atoms with Crippen LogP contribution in [0.4, 0.5) is 11.4 Å². The SMILES string of the molecule is CN(C(=O)c1cccc(NC(=O)c2ccc(S(C)=O)cc2)c1)c1ccccc1. The average Bonchev–Trinajstić information content (AvgIpc) is 2.73. The van der Waals surface area contributed by atoms with E-state index in [0.717, 1.165) is 5.69 Å². The molecule has 0 aliphatic rings. The molecule has 1 unspecified atom stereocenters. The third-order valence-corrected chi connectivity index (χ3v) is 5.20. The van der Waals surface area contributed by atoms with Crippen LogP contribution in [0, 0.1) is 0 Å². The third-order valence-electron chi connectivity index (χ3n) is 4.26. The lowest BCUT2D eigenvalue weighted by molar-refractivity contribution is 0.0990. The summed E-state index contributed by atoms with van der Waals surface area (Å²) in [5, 5.41) is 2.80. The monoisotopic (exact) mass is 392 g/mol. The van der Waals surface area contributed by atoms with Crippen molar-refractivity contribution in [1.82, 2.24) is 0 Å². The van der Waals surface area contributed by atoms with Gasteiger partial charge in [0.15, 0.2) is 0 Å². The fourth-order valence-electron chi connectivity index (χ4n) is 2.69. The maximum Gasteiger partial charge on any atom is 0.258 e. The largest absolute Gasteiger partial charge is 0.322 e. The first kappa shape index (κ1) is 19.5. The number of anilines is 2. The number of carbonyl (C=O) groups is 2. The first-order chi connectivity index (χ1) is 13.5. The third kappa shape index (κ3) is 4.53. The fourth-order valence-corrected chi connectivity index (χ4v) is 3.21. The van der Waals surface area contributed by atoms with Gasteiger partial charge in [-0.05, 0) is 54.6 Å². The molecule has 3 rings (SSSR count). The summed E-state index contributed by atoms with van der Waals surface area (Å²) in [5.41, 5.74) is 2.24. The Labute approximate surface area is 166 Å². The van der Waals surface area contributed by atoms with Gasteiger partial charge in [0, 0.05) is 51.5 Å². The van der Waals surface area contributed by atoms with Crippen LogP contribution in [0.2, 0.25) is 0 Å². The van der Waals surface area contributed by atoms with Crippen molar-refractivity contribution in [2.75, 3.05) is 23.5 Å². The molecule has 2 amide bonds. The van der Waals surface area contributed by atoms with Gasteiger partial charge in [0.25, 0.3) is 11.8 Å². The standard InChI is InChI=1S/C22H20N2O3S/c1-24(19-9-4-3-5-10-19)22(26)17-7-6-8-18(15-17)23-21(25)16-11-13-20(14-12-16)28(2)27/h3-15H,1-2H3,(H,23,25). The number of carbonyl (C=O) groups excluding carboxylic acids is 2. The summed E-state index contributed by atoms with van der Waals surface area (Å²) in [4.78, 5) is 27.4. The number of nitrogens with one attached hydrogen (secondary N) is 1. The van der Waals surface area contributed by atoms with Crippen LogP contribution in [0.25, 0.3) is 0 Å². The van der Waals surface area contributed by atoms with E-state index >= 15 is 0 Å². The molecule has 5 nitrogen and oxygen atoms in total. The van der Waals surface area contributed by atoms with Gasteiger partial charge in [-0.2, -0.15) is 0 Å². The van der Waals surface area contributed by atoms with Crippen molar-refractivity contribution < 1.29 is 13.8 Å². The number of hydrogen-bond acceptors (Lipinski definition) is 3.